The molecule has 3 aliphatic rings. The fourth-order valence-corrected chi connectivity index (χ4v) is 5.23. The molecule has 3 unspecified atom stereocenters. The van der Waals surface area contributed by atoms with Crippen molar-refractivity contribution in [3.05, 3.63) is 59.5 Å². The molecule has 2 aliphatic heterocycles. The molecule has 35 heavy (non-hydrogen) atoms. The number of rotatable bonds is 6. The summed E-state index contributed by atoms with van der Waals surface area (Å²) in [6, 6.07) is 4.42. The predicted molar refractivity (Wildman–Crippen MR) is 126 cm³/mol. The summed E-state index contributed by atoms with van der Waals surface area (Å²) in [5, 5.41) is 10.6. The van der Waals surface area contributed by atoms with E-state index in [4.69, 9.17) is 9.15 Å². The highest BCUT2D eigenvalue weighted by atomic mass is 32.1. The second-order valence-electron chi connectivity index (χ2n) is 8.51. The number of carbonyl (C=O) groups is 3. The molecule has 3 N–H and O–H groups in total. The molecule has 4 amide bonds. The molecule has 0 bridgehead atoms. The Morgan fingerprint density at radius 2 is 2.23 bits per heavy atom. The van der Waals surface area contributed by atoms with E-state index in [-0.39, 0.29) is 30.0 Å². The van der Waals surface area contributed by atoms with Crippen molar-refractivity contribution in [2.45, 2.75) is 5.54 Å². The summed E-state index contributed by atoms with van der Waals surface area (Å²) < 4.78 is 11.3. The highest BCUT2D eigenvalue weighted by molar-refractivity contribution is 7.13. The molecular formula is C23H20N6O5S. The molecule has 3 aromatic heterocycles. The number of urea groups is 1. The average Bonchev–Trinajstić information content (AvgIpc) is 3.62. The van der Waals surface area contributed by atoms with E-state index in [1.54, 1.807) is 42.5 Å². The summed E-state index contributed by atoms with van der Waals surface area (Å²) in [6.07, 6.45) is 7.24. The molecule has 0 radical (unpaired) electrons. The molecule has 11 nitrogen and oxygen atoms in total. The Hall–Kier alpha value is -4.19. The number of hydrogen-bond acceptors (Lipinski definition) is 9. The number of imide groups is 1. The van der Waals surface area contributed by atoms with Gasteiger partial charge in [0, 0.05) is 30.1 Å². The van der Waals surface area contributed by atoms with Crippen LogP contribution in [-0.4, -0.2) is 52.9 Å². The maximum Gasteiger partial charge on any atom is 0.322 e. The van der Waals surface area contributed by atoms with Crippen molar-refractivity contribution in [2.24, 2.45) is 11.8 Å². The van der Waals surface area contributed by atoms with Gasteiger partial charge >= 0.3 is 6.03 Å². The maximum absolute atomic E-state index is 13.2. The van der Waals surface area contributed by atoms with E-state index in [0.29, 0.717) is 34.4 Å². The standard InChI is InChI=1S/C23H20N6O5S/c1-33-13-3-2-12-10-29(19(30)14(12)8-13)11-23(20(31)27-21(32)28-23)17-9-15-16(34-17)4-5-18(25-15)26-22-24-6-7-35-22/h2-9,12,14H,10-11H2,1H3,(H,24,25,26)(H2,27,28,31,32). The minimum absolute atomic E-state index is 0.0459. The van der Waals surface area contributed by atoms with Gasteiger partial charge in [-0.1, -0.05) is 6.08 Å². The number of furan rings is 1. The molecule has 1 aliphatic carbocycles. The Morgan fingerprint density at radius 3 is 2.97 bits per heavy atom. The van der Waals surface area contributed by atoms with Crippen LogP contribution in [0.1, 0.15) is 5.76 Å². The highest BCUT2D eigenvalue weighted by Crippen LogP contribution is 2.37. The van der Waals surface area contributed by atoms with E-state index in [9.17, 15) is 14.4 Å². The number of allylic oxidation sites excluding steroid dienone is 1. The lowest BCUT2D eigenvalue weighted by atomic mass is 9.91. The van der Waals surface area contributed by atoms with Crippen molar-refractivity contribution in [1.82, 2.24) is 25.5 Å². The van der Waals surface area contributed by atoms with Crippen LogP contribution >= 0.6 is 11.3 Å². The Bertz CT molecular complexity index is 1410. The van der Waals surface area contributed by atoms with E-state index >= 15 is 0 Å². The zero-order valence-corrected chi connectivity index (χ0v) is 19.3. The van der Waals surface area contributed by atoms with Crippen molar-refractivity contribution in [2.75, 3.05) is 25.5 Å². The average molecular weight is 493 g/mol. The maximum atomic E-state index is 13.2. The number of nitrogens with zero attached hydrogens (tertiary/aromatic N) is 3. The number of aromatic nitrogens is 2. The van der Waals surface area contributed by atoms with Gasteiger partial charge in [0.1, 0.15) is 22.9 Å². The first-order valence-corrected chi connectivity index (χ1v) is 11.8. The molecule has 3 aromatic rings. The first-order chi connectivity index (χ1) is 16.9. The minimum atomic E-state index is -1.58. The number of pyridine rings is 1. The van der Waals surface area contributed by atoms with Crippen molar-refractivity contribution in [1.29, 1.82) is 0 Å². The van der Waals surface area contributed by atoms with Crippen molar-refractivity contribution >= 4 is 51.2 Å². The number of methoxy groups -OCH3 is 1. The van der Waals surface area contributed by atoms with Gasteiger partial charge in [-0.25, -0.2) is 14.8 Å². The van der Waals surface area contributed by atoms with Gasteiger partial charge in [0.05, 0.1) is 19.6 Å². The van der Waals surface area contributed by atoms with Gasteiger partial charge in [-0.2, -0.15) is 0 Å². The summed E-state index contributed by atoms with van der Waals surface area (Å²) in [5.41, 5.74) is -0.650. The van der Waals surface area contributed by atoms with Crippen LogP contribution < -0.4 is 16.0 Å². The lowest BCUT2D eigenvalue weighted by molar-refractivity contribution is -0.133. The van der Waals surface area contributed by atoms with Gasteiger partial charge in [0.15, 0.2) is 16.3 Å². The molecule has 0 aromatic carbocycles. The molecule has 5 heterocycles. The smallest absolute Gasteiger partial charge is 0.322 e. The van der Waals surface area contributed by atoms with Crippen LogP contribution in [0.15, 0.2) is 58.2 Å². The number of ether oxygens (including phenoxy) is 1. The fraction of sp³-hybridized carbons (Fsp3) is 0.261. The topological polar surface area (TPSA) is 139 Å². The fourth-order valence-electron chi connectivity index (χ4n) is 4.70. The second kappa shape index (κ2) is 7.94. The van der Waals surface area contributed by atoms with E-state index in [1.165, 1.54) is 11.3 Å². The third-order valence-corrected chi connectivity index (χ3v) is 7.10. The molecule has 0 spiro atoms. The number of nitrogens with one attached hydrogen (secondary N) is 3. The molecule has 178 valence electrons. The van der Waals surface area contributed by atoms with Crippen LogP contribution in [0, 0.1) is 11.8 Å². The van der Waals surface area contributed by atoms with Gasteiger partial charge in [-0.3, -0.25) is 14.9 Å². The van der Waals surface area contributed by atoms with Gasteiger partial charge in [-0.15, -0.1) is 11.3 Å². The highest BCUT2D eigenvalue weighted by Gasteiger charge is 2.54. The molecule has 6 rings (SSSR count). The normalized spacial score (nSPS) is 25.5. The van der Waals surface area contributed by atoms with Crippen LogP contribution in [-0.2, 0) is 19.9 Å². The summed E-state index contributed by atoms with van der Waals surface area (Å²) in [6.45, 7) is 0.323. The largest absolute Gasteiger partial charge is 0.497 e. The molecule has 3 atom stereocenters. The first kappa shape index (κ1) is 21.4. The van der Waals surface area contributed by atoms with E-state index in [2.05, 4.69) is 25.9 Å². The summed E-state index contributed by atoms with van der Waals surface area (Å²) in [7, 11) is 1.55. The van der Waals surface area contributed by atoms with Crippen LogP contribution in [0.3, 0.4) is 0 Å². The number of carbonyl (C=O) groups excluding carboxylic acids is 3. The SMILES string of the molecule is COC1=CC2C(=O)N(CC3(c4cc5nc(Nc6nccs6)ccc5o4)NC(=O)NC3=O)CC2C=C1. The van der Waals surface area contributed by atoms with Crippen LogP contribution in [0.25, 0.3) is 11.1 Å². The molecule has 12 heteroatoms. The number of likely N-dealkylation sites (tertiary alicyclic amines) is 1. The van der Waals surface area contributed by atoms with Crippen LogP contribution in [0.4, 0.5) is 15.7 Å². The van der Waals surface area contributed by atoms with Gasteiger partial charge in [-0.05, 0) is 24.3 Å². The number of hydrogen-bond donors (Lipinski definition) is 3. The molecule has 0 saturated carbocycles. The first-order valence-electron chi connectivity index (χ1n) is 10.9. The monoisotopic (exact) mass is 492 g/mol. The summed E-state index contributed by atoms with van der Waals surface area (Å²) >= 11 is 1.44. The lowest BCUT2D eigenvalue weighted by Crippen LogP contribution is -2.53. The Kier molecular flexibility index (Phi) is 4.85. The lowest BCUT2D eigenvalue weighted by Gasteiger charge is -2.29. The summed E-state index contributed by atoms with van der Waals surface area (Å²) in [5.74, 6) is 0.203. The number of fused-ring (bicyclic) bond motifs is 2. The van der Waals surface area contributed by atoms with Gasteiger partial charge in [0.25, 0.3) is 5.91 Å². The van der Waals surface area contributed by atoms with E-state index in [1.807, 2.05) is 17.5 Å². The van der Waals surface area contributed by atoms with E-state index in [0.717, 1.165) is 0 Å². The third-order valence-electron chi connectivity index (χ3n) is 6.41. The van der Waals surface area contributed by atoms with Crippen LogP contribution in [0.2, 0.25) is 0 Å². The molecule has 2 saturated heterocycles. The second-order valence-corrected chi connectivity index (χ2v) is 9.40. The van der Waals surface area contributed by atoms with Crippen LogP contribution in [0.5, 0.6) is 0 Å². The van der Waals surface area contributed by atoms with Crippen molar-refractivity contribution in [3.8, 4) is 0 Å². The Labute approximate surface area is 202 Å². The summed E-state index contributed by atoms with van der Waals surface area (Å²) in [4.78, 5) is 48.8. The van der Waals surface area contributed by atoms with Crippen molar-refractivity contribution in [3.63, 3.8) is 0 Å². The van der Waals surface area contributed by atoms with Crippen molar-refractivity contribution < 1.29 is 23.5 Å². The molecular weight excluding hydrogens is 472 g/mol. The Balaban J connectivity index is 1.33. The van der Waals surface area contributed by atoms with Gasteiger partial charge < -0.3 is 24.7 Å². The van der Waals surface area contributed by atoms with Gasteiger partial charge in [0.2, 0.25) is 5.91 Å². The number of thiazole rings is 1. The Morgan fingerprint density at radius 1 is 1.34 bits per heavy atom. The van der Waals surface area contributed by atoms with E-state index < -0.39 is 17.5 Å². The number of anilines is 2. The molecule has 2 fully saturated rings. The minimum Gasteiger partial charge on any atom is -0.497 e. The quantitative estimate of drug-likeness (QED) is 0.446. The number of amides is 4. The predicted octanol–water partition coefficient (Wildman–Crippen LogP) is 2.24. The zero-order valence-electron chi connectivity index (χ0n) is 18.5. The zero-order chi connectivity index (χ0) is 24.2. The third kappa shape index (κ3) is 3.53.